The second-order valence-corrected chi connectivity index (χ2v) is 0.846. The quantitative estimate of drug-likeness (QED) is 0.399. The fourth-order valence-electron chi connectivity index (χ4n) is 0.238. The Morgan fingerprint density at radius 1 is 1.83 bits per heavy atom. The molecule has 0 aromatic carbocycles. The Bertz CT molecular complexity index is 60.4. The summed E-state index contributed by atoms with van der Waals surface area (Å²) < 4.78 is 8.40. The molecule has 3 nitrogen and oxygen atoms in total. The van der Waals surface area contributed by atoms with Crippen LogP contribution in [0.1, 0.15) is 0 Å². The molecule has 1 fully saturated rings. The smallest absolute Gasteiger partial charge is 0.430 e. The molecule has 0 spiro atoms. The largest absolute Gasteiger partial charge is 0.508 e. The molecule has 0 aromatic rings. The van der Waals surface area contributed by atoms with E-state index in [-0.39, 0.29) is 0 Å². The van der Waals surface area contributed by atoms with Crippen molar-refractivity contribution in [1.82, 2.24) is 0 Å². The summed E-state index contributed by atoms with van der Waals surface area (Å²) in [6.07, 6.45) is -0.602. The summed E-state index contributed by atoms with van der Waals surface area (Å²) in [7, 11) is 0. The number of rotatable bonds is 0. The molecule has 0 saturated carbocycles. The Labute approximate surface area is 34.9 Å². The van der Waals surface area contributed by atoms with Gasteiger partial charge in [-0.05, 0) is 0 Å². The van der Waals surface area contributed by atoms with Gasteiger partial charge in [0.15, 0.2) is 6.61 Å². The van der Waals surface area contributed by atoms with Crippen molar-refractivity contribution in [2.24, 2.45) is 0 Å². The summed E-state index contributed by atoms with van der Waals surface area (Å²) >= 11 is 0. The summed E-state index contributed by atoms with van der Waals surface area (Å²) in [5.41, 5.74) is 0. The summed E-state index contributed by atoms with van der Waals surface area (Å²) in [6.45, 7) is 1.60. The average molecular weight is 87.1 g/mol. The van der Waals surface area contributed by atoms with Crippen molar-refractivity contribution in [1.29, 1.82) is 0 Å². The molecular formula is C3H3O3. The van der Waals surface area contributed by atoms with Crippen LogP contribution in [0, 0.1) is 6.61 Å². The molecule has 1 aliphatic heterocycles. The van der Waals surface area contributed by atoms with Crippen LogP contribution in [0.4, 0.5) is 4.79 Å². The SMILES string of the molecule is O=C1O[CH]CO1. The van der Waals surface area contributed by atoms with E-state index in [9.17, 15) is 4.79 Å². The minimum absolute atomic E-state index is 0.291. The van der Waals surface area contributed by atoms with Gasteiger partial charge in [0, 0.05) is 0 Å². The molecule has 1 radical (unpaired) electrons. The predicted molar refractivity (Wildman–Crippen MR) is 16.7 cm³/mol. The second-order valence-electron chi connectivity index (χ2n) is 0.846. The summed E-state index contributed by atoms with van der Waals surface area (Å²) in [4.78, 5) is 9.77. The van der Waals surface area contributed by atoms with Crippen LogP contribution in [-0.4, -0.2) is 12.8 Å². The Kier molecular flexibility index (Phi) is 0.670. The first-order valence-corrected chi connectivity index (χ1v) is 1.54. The highest BCUT2D eigenvalue weighted by molar-refractivity contribution is 5.62. The maximum Gasteiger partial charge on any atom is 0.508 e. The number of cyclic esters (lactones) is 2. The third kappa shape index (κ3) is 0.429. The standard InChI is InChI=1S/C3H3O3/c4-3-5-1-2-6-3/h1H,2H2. The highest BCUT2D eigenvalue weighted by atomic mass is 16.8. The number of hydrogen-bond acceptors (Lipinski definition) is 3. The van der Waals surface area contributed by atoms with E-state index >= 15 is 0 Å². The van der Waals surface area contributed by atoms with E-state index in [1.807, 2.05) is 0 Å². The van der Waals surface area contributed by atoms with Gasteiger partial charge in [0.1, 0.15) is 6.61 Å². The Morgan fingerprint density at radius 2 is 2.67 bits per heavy atom. The first kappa shape index (κ1) is 3.46. The first-order valence-electron chi connectivity index (χ1n) is 1.54. The van der Waals surface area contributed by atoms with Crippen molar-refractivity contribution in [2.75, 3.05) is 6.61 Å². The maximum absolute atomic E-state index is 9.77. The lowest BCUT2D eigenvalue weighted by molar-refractivity contribution is 0.135. The van der Waals surface area contributed by atoms with Gasteiger partial charge >= 0.3 is 6.16 Å². The maximum atomic E-state index is 9.77. The van der Waals surface area contributed by atoms with Gasteiger partial charge in [-0.25, -0.2) is 4.79 Å². The molecule has 0 aromatic heterocycles. The number of carbonyl (C=O) groups is 1. The zero-order valence-electron chi connectivity index (χ0n) is 3.01. The van der Waals surface area contributed by atoms with Crippen LogP contribution < -0.4 is 0 Å². The highest BCUT2D eigenvalue weighted by Crippen LogP contribution is 1.97. The van der Waals surface area contributed by atoms with Crippen molar-refractivity contribution in [3.63, 3.8) is 0 Å². The molecule has 1 aliphatic rings. The van der Waals surface area contributed by atoms with E-state index in [2.05, 4.69) is 9.47 Å². The lowest BCUT2D eigenvalue weighted by atomic mass is 10.8. The number of hydrogen-bond donors (Lipinski definition) is 0. The fraction of sp³-hybridized carbons (Fsp3) is 0.333. The Balaban J connectivity index is 2.37. The third-order valence-electron chi connectivity index (χ3n) is 0.449. The molecule has 1 rings (SSSR count). The molecular weight excluding hydrogens is 84.0 g/mol. The van der Waals surface area contributed by atoms with Crippen molar-refractivity contribution in [2.45, 2.75) is 0 Å². The molecule has 1 saturated heterocycles. The fourth-order valence-corrected chi connectivity index (χ4v) is 0.238. The monoisotopic (exact) mass is 87.0 g/mol. The summed E-state index contributed by atoms with van der Waals surface area (Å²) in [6, 6.07) is 0. The van der Waals surface area contributed by atoms with Gasteiger partial charge in [0.2, 0.25) is 0 Å². The van der Waals surface area contributed by atoms with E-state index in [4.69, 9.17) is 0 Å². The van der Waals surface area contributed by atoms with Crippen molar-refractivity contribution in [3.05, 3.63) is 6.61 Å². The van der Waals surface area contributed by atoms with Gasteiger partial charge in [-0.1, -0.05) is 0 Å². The predicted octanol–water partition coefficient (Wildman–Crippen LogP) is 0.315. The molecule has 3 heteroatoms. The minimum Gasteiger partial charge on any atom is -0.430 e. The molecule has 0 N–H and O–H groups in total. The van der Waals surface area contributed by atoms with Crippen molar-refractivity contribution in [3.8, 4) is 0 Å². The van der Waals surface area contributed by atoms with Crippen molar-refractivity contribution < 1.29 is 14.3 Å². The van der Waals surface area contributed by atoms with E-state index < -0.39 is 6.16 Å². The molecule has 0 amide bonds. The van der Waals surface area contributed by atoms with Crippen LogP contribution in [0.15, 0.2) is 0 Å². The molecule has 1 heterocycles. The van der Waals surface area contributed by atoms with Crippen LogP contribution in [0.2, 0.25) is 0 Å². The lowest BCUT2D eigenvalue weighted by Gasteiger charge is -1.78. The normalized spacial score (nSPS) is 19.7. The van der Waals surface area contributed by atoms with Gasteiger partial charge in [0.25, 0.3) is 0 Å². The zero-order valence-corrected chi connectivity index (χ0v) is 3.01. The number of carbonyl (C=O) groups excluding carboxylic acids is 1. The minimum atomic E-state index is -0.602. The van der Waals surface area contributed by atoms with E-state index in [1.165, 1.54) is 6.61 Å². The van der Waals surface area contributed by atoms with Gasteiger partial charge in [-0.15, -0.1) is 0 Å². The van der Waals surface area contributed by atoms with Crippen LogP contribution in [0.25, 0.3) is 0 Å². The molecule has 33 valence electrons. The average Bonchev–Trinajstić information content (AvgIpc) is 1.86. The van der Waals surface area contributed by atoms with Crippen LogP contribution in [0.5, 0.6) is 0 Å². The van der Waals surface area contributed by atoms with Gasteiger partial charge < -0.3 is 9.47 Å². The van der Waals surface area contributed by atoms with Gasteiger partial charge in [0.05, 0.1) is 0 Å². The Morgan fingerprint density at radius 3 is 2.83 bits per heavy atom. The van der Waals surface area contributed by atoms with Crippen molar-refractivity contribution >= 4 is 6.16 Å². The van der Waals surface area contributed by atoms with Crippen LogP contribution in [0.3, 0.4) is 0 Å². The van der Waals surface area contributed by atoms with Crippen LogP contribution in [-0.2, 0) is 9.47 Å². The zero-order chi connectivity index (χ0) is 4.41. The molecule has 0 aliphatic carbocycles. The van der Waals surface area contributed by atoms with Gasteiger partial charge in [-0.2, -0.15) is 0 Å². The summed E-state index contributed by atoms with van der Waals surface area (Å²) in [5.74, 6) is 0. The van der Waals surface area contributed by atoms with Gasteiger partial charge in [-0.3, -0.25) is 0 Å². The van der Waals surface area contributed by atoms with Crippen LogP contribution >= 0.6 is 0 Å². The number of ether oxygens (including phenoxy) is 2. The molecule has 6 heavy (non-hydrogen) atoms. The molecule has 0 unspecified atom stereocenters. The van der Waals surface area contributed by atoms with E-state index in [0.29, 0.717) is 6.61 Å². The second kappa shape index (κ2) is 1.16. The van der Waals surface area contributed by atoms with E-state index in [0.717, 1.165) is 0 Å². The topological polar surface area (TPSA) is 35.5 Å². The molecule has 0 bridgehead atoms. The molecule has 0 atom stereocenters. The first-order chi connectivity index (χ1) is 2.89. The van der Waals surface area contributed by atoms with E-state index in [1.54, 1.807) is 0 Å². The summed E-state index contributed by atoms with van der Waals surface area (Å²) in [5, 5.41) is 0. The highest BCUT2D eigenvalue weighted by Gasteiger charge is 2.10. The lowest BCUT2D eigenvalue weighted by Crippen LogP contribution is -1.88. The Hall–Kier alpha value is -0.730. The third-order valence-corrected chi connectivity index (χ3v) is 0.449.